The molecule has 1 atom stereocenters. The zero-order valence-electron chi connectivity index (χ0n) is 14.3. The van der Waals surface area contributed by atoms with Crippen LogP contribution in [0.3, 0.4) is 0 Å². The van der Waals surface area contributed by atoms with Gasteiger partial charge in [-0.15, -0.1) is 0 Å². The van der Waals surface area contributed by atoms with Crippen LogP contribution >= 0.6 is 0 Å². The first-order valence-corrected chi connectivity index (χ1v) is 10.2. The molecule has 5 heteroatoms. The van der Waals surface area contributed by atoms with E-state index in [4.69, 9.17) is 4.74 Å². The molecule has 1 heterocycles. The summed E-state index contributed by atoms with van der Waals surface area (Å²) in [7, 11) is -1.45. The van der Waals surface area contributed by atoms with Gasteiger partial charge in [-0.05, 0) is 60.8 Å². The van der Waals surface area contributed by atoms with E-state index in [1.807, 2.05) is 24.3 Å². The molecule has 4 rings (SSSR count). The van der Waals surface area contributed by atoms with Crippen molar-refractivity contribution in [1.82, 2.24) is 4.72 Å². The second-order valence-electron chi connectivity index (χ2n) is 7.28. The van der Waals surface area contributed by atoms with Crippen molar-refractivity contribution in [2.24, 2.45) is 5.41 Å². The van der Waals surface area contributed by atoms with Crippen LogP contribution in [0.4, 0.5) is 0 Å². The monoisotopic (exact) mass is 357 g/mol. The second-order valence-corrected chi connectivity index (χ2v) is 8.46. The van der Waals surface area contributed by atoms with E-state index >= 15 is 0 Å². The average Bonchev–Trinajstić information content (AvgIpc) is 3.20. The Balaban J connectivity index is 1.40. The summed E-state index contributed by atoms with van der Waals surface area (Å²) in [5.41, 5.74) is 2.66. The number of carbonyl (C=O) groups is 1. The minimum Gasteiger partial charge on any atom is -0.489 e. The van der Waals surface area contributed by atoms with E-state index in [0.29, 0.717) is 16.9 Å². The molecule has 1 unspecified atom stereocenters. The Morgan fingerprint density at radius 2 is 1.80 bits per heavy atom. The lowest BCUT2D eigenvalue weighted by atomic mass is 9.75. The van der Waals surface area contributed by atoms with E-state index in [-0.39, 0.29) is 5.91 Å². The maximum atomic E-state index is 11.8. The maximum Gasteiger partial charge on any atom is 0.257 e. The predicted molar refractivity (Wildman–Crippen MR) is 99.0 cm³/mol. The first kappa shape index (κ1) is 16.6. The van der Waals surface area contributed by atoms with Gasteiger partial charge in [0.25, 0.3) is 5.91 Å². The molecular formula is C20H23NO3S. The topological polar surface area (TPSA) is 55.4 Å². The van der Waals surface area contributed by atoms with Gasteiger partial charge in [-0.3, -0.25) is 9.52 Å². The van der Waals surface area contributed by atoms with E-state index in [2.05, 4.69) is 10.8 Å². The van der Waals surface area contributed by atoms with Crippen molar-refractivity contribution in [2.75, 3.05) is 6.61 Å². The fourth-order valence-electron chi connectivity index (χ4n) is 4.26. The van der Waals surface area contributed by atoms with Gasteiger partial charge in [0, 0.05) is 6.08 Å². The molecule has 1 spiro atoms. The smallest absolute Gasteiger partial charge is 0.257 e. The van der Waals surface area contributed by atoms with E-state index in [0.717, 1.165) is 17.7 Å². The van der Waals surface area contributed by atoms with Crippen molar-refractivity contribution < 1.29 is 13.7 Å². The molecular weight excluding hydrogens is 334 g/mol. The standard InChI is InChI=1S/C20H23NO3S/c22-19-12-18(25(23)21-19)16-5-7-17(8-6-16)24-14-15-4-3-11-20(13-15)9-1-2-10-20/h5-8,12-13H,1-4,9-11,14H2,(H,21,22). The average molecular weight is 357 g/mol. The van der Waals surface area contributed by atoms with Crippen molar-refractivity contribution in [3.63, 3.8) is 0 Å². The second kappa shape index (κ2) is 6.79. The molecule has 1 N–H and O–H groups in total. The quantitative estimate of drug-likeness (QED) is 0.832. The summed E-state index contributed by atoms with van der Waals surface area (Å²) in [6.07, 6.45) is 13.0. The van der Waals surface area contributed by atoms with E-state index in [1.165, 1.54) is 50.2 Å². The lowest BCUT2D eigenvalue weighted by molar-refractivity contribution is -0.114. The zero-order valence-corrected chi connectivity index (χ0v) is 15.1. The first-order chi connectivity index (χ1) is 12.1. The Bertz CT molecular complexity index is 758. The minimum atomic E-state index is -1.45. The Kier molecular flexibility index (Phi) is 4.50. The van der Waals surface area contributed by atoms with Gasteiger partial charge in [0.05, 0.1) is 4.91 Å². The van der Waals surface area contributed by atoms with Gasteiger partial charge >= 0.3 is 0 Å². The SMILES string of the molecule is O=C1C=C(c2ccc(OCC3=CC4(CCCC4)CCC3)cc2)S(=O)N1. The normalized spacial score (nSPS) is 24.8. The molecule has 0 saturated heterocycles. The summed E-state index contributed by atoms with van der Waals surface area (Å²) in [6.45, 7) is 0.649. The molecule has 4 nitrogen and oxygen atoms in total. The van der Waals surface area contributed by atoms with Crippen LogP contribution in [0.1, 0.15) is 50.5 Å². The Hall–Kier alpha value is -1.88. The van der Waals surface area contributed by atoms with Gasteiger partial charge in [-0.2, -0.15) is 0 Å². The lowest BCUT2D eigenvalue weighted by Crippen LogP contribution is -2.19. The van der Waals surface area contributed by atoms with Crippen LogP contribution in [0.25, 0.3) is 4.91 Å². The molecule has 0 bridgehead atoms. The van der Waals surface area contributed by atoms with E-state index in [1.54, 1.807) is 0 Å². The third-order valence-corrected chi connectivity index (χ3v) is 6.64. The van der Waals surface area contributed by atoms with Crippen molar-refractivity contribution in [3.8, 4) is 5.75 Å². The van der Waals surface area contributed by atoms with Gasteiger partial charge in [-0.1, -0.05) is 31.1 Å². The number of allylic oxidation sites excluding steroid dienone is 1. The summed E-state index contributed by atoms with van der Waals surface area (Å²) >= 11 is 0. The number of hydrogen-bond donors (Lipinski definition) is 1. The van der Waals surface area contributed by atoms with Crippen LogP contribution in [0.15, 0.2) is 42.0 Å². The van der Waals surface area contributed by atoms with Gasteiger partial charge in [0.15, 0.2) is 11.0 Å². The van der Waals surface area contributed by atoms with Crippen molar-refractivity contribution >= 4 is 21.8 Å². The number of benzene rings is 1. The van der Waals surface area contributed by atoms with Gasteiger partial charge < -0.3 is 4.74 Å². The number of hydrogen-bond acceptors (Lipinski definition) is 3. The molecule has 25 heavy (non-hydrogen) atoms. The molecule has 1 saturated carbocycles. The van der Waals surface area contributed by atoms with E-state index in [9.17, 15) is 9.00 Å². The molecule has 1 fully saturated rings. The molecule has 3 aliphatic rings. The molecule has 1 aromatic carbocycles. The summed E-state index contributed by atoms with van der Waals surface area (Å²) in [4.78, 5) is 11.8. The van der Waals surface area contributed by atoms with Crippen LogP contribution in [0.2, 0.25) is 0 Å². The van der Waals surface area contributed by atoms with Crippen LogP contribution in [0, 0.1) is 5.41 Å². The predicted octanol–water partition coefficient (Wildman–Crippen LogP) is 3.87. The fourth-order valence-corrected chi connectivity index (χ4v) is 5.18. The van der Waals surface area contributed by atoms with Crippen LogP contribution in [-0.4, -0.2) is 16.7 Å². The number of amides is 1. The molecule has 1 aromatic rings. The summed E-state index contributed by atoms with van der Waals surface area (Å²) in [5, 5.41) is 0. The highest BCUT2D eigenvalue weighted by Crippen LogP contribution is 2.47. The Morgan fingerprint density at radius 1 is 1.08 bits per heavy atom. The van der Waals surface area contributed by atoms with Crippen molar-refractivity contribution in [1.29, 1.82) is 0 Å². The zero-order chi connectivity index (χ0) is 17.3. The minimum absolute atomic E-state index is 0.307. The molecule has 0 radical (unpaired) electrons. The van der Waals surface area contributed by atoms with Gasteiger partial charge in [0.2, 0.25) is 0 Å². The Labute approximate surface area is 150 Å². The lowest BCUT2D eigenvalue weighted by Gasteiger charge is -2.31. The number of nitrogens with one attached hydrogen (secondary N) is 1. The van der Waals surface area contributed by atoms with E-state index < -0.39 is 11.0 Å². The maximum absolute atomic E-state index is 11.8. The largest absolute Gasteiger partial charge is 0.489 e. The van der Waals surface area contributed by atoms with Crippen molar-refractivity contribution in [3.05, 3.63) is 47.6 Å². The first-order valence-electron chi connectivity index (χ1n) is 9.02. The summed E-state index contributed by atoms with van der Waals surface area (Å²) in [5.74, 6) is 0.498. The molecule has 1 amide bonds. The highest BCUT2D eigenvalue weighted by Gasteiger charge is 2.33. The van der Waals surface area contributed by atoms with Crippen LogP contribution in [-0.2, 0) is 15.8 Å². The van der Waals surface area contributed by atoms with Crippen LogP contribution in [0.5, 0.6) is 5.75 Å². The fraction of sp³-hybridized carbons (Fsp3) is 0.450. The third-order valence-electron chi connectivity index (χ3n) is 5.50. The molecule has 2 aliphatic carbocycles. The van der Waals surface area contributed by atoms with Crippen molar-refractivity contribution in [2.45, 2.75) is 44.9 Å². The molecule has 0 aromatic heterocycles. The molecule has 1 aliphatic heterocycles. The summed E-state index contributed by atoms with van der Waals surface area (Å²) < 4.78 is 20.1. The highest BCUT2D eigenvalue weighted by molar-refractivity contribution is 7.93. The Morgan fingerprint density at radius 3 is 2.48 bits per heavy atom. The third kappa shape index (κ3) is 3.56. The van der Waals surface area contributed by atoms with Gasteiger partial charge in [-0.25, -0.2) is 4.21 Å². The highest BCUT2D eigenvalue weighted by atomic mass is 32.2. The molecule has 132 valence electrons. The number of ether oxygens (including phenoxy) is 1. The van der Waals surface area contributed by atoms with Gasteiger partial charge in [0.1, 0.15) is 12.4 Å². The number of rotatable bonds is 4. The summed E-state index contributed by atoms with van der Waals surface area (Å²) in [6, 6.07) is 7.47. The van der Waals surface area contributed by atoms with Crippen LogP contribution < -0.4 is 9.46 Å². The number of carbonyl (C=O) groups excluding carboxylic acids is 1.